The van der Waals surface area contributed by atoms with Crippen LogP contribution >= 0.6 is 0 Å². The zero-order valence-electron chi connectivity index (χ0n) is 11.3. The Balaban J connectivity index is 1.64. The van der Waals surface area contributed by atoms with Gasteiger partial charge in [-0.1, -0.05) is 12.1 Å². The monoisotopic (exact) mass is 258 g/mol. The molecule has 0 unspecified atom stereocenters. The summed E-state index contributed by atoms with van der Waals surface area (Å²) in [7, 11) is 2.04. The van der Waals surface area contributed by atoms with Gasteiger partial charge in [0.15, 0.2) is 17.4 Å². The Bertz CT molecular complexity index is 617. The number of nitrogens with zero attached hydrogens (tertiary/aromatic N) is 3. The van der Waals surface area contributed by atoms with E-state index in [1.165, 1.54) is 0 Å². The van der Waals surface area contributed by atoms with Crippen molar-refractivity contribution in [3.05, 3.63) is 29.7 Å². The predicted molar refractivity (Wildman–Crippen MR) is 75.4 cm³/mol. The van der Waals surface area contributed by atoms with Crippen LogP contribution in [0, 0.1) is 6.92 Å². The Morgan fingerprint density at radius 2 is 2.32 bits per heavy atom. The number of aromatic nitrogens is 1. The van der Waals surface area contributed by atoms with Crippen LogP contribution in [0.3, 0.4) is 0 Å². The van der Waals surface area contributed by atoms with Crippen LogP contribution in [0.25, 0.3) is 11.1 Å². The fraction of sp³-hybridized carbons (Fsp3) is 0.429. The number of guanidine groups is 1. The fourth-order valence-corrected chi connectivity index (χ4v) is 2.24. The van der Waals surface area contributed by atoms with E-state index in [1.807, 2.05) is 19.2 Å². The van der Waals surface area contributed by atoms with Crippen LogP contribution in [0.2, 0.25) is 0 Å². The highest BCUT2D eigenvalue weighted by Crippen LogP contribution is 2.18. The molecule has 1 aliphatic heterocycles. The predicted octanol–water partition coefficient (Wildman–Crippen LogP) is 1.57. The number of nitrogens with one attached hydrogen (secondary N) is 1. The van der Waals surface area contributed by atoms with Crippen LogP contribution in [-0.4, -0.2) is 42.5 Å². The third kappa shape index (κ3) is 2.41. The van der Waals surface area contributed by atoms with E-state index in [2.05, 4.69) is 33.2 Å². The number of hydrogen-bond acceptors (Lipinski definition) is 5. The molecule has 0 amide bonds. The standard InChI is InChI=1S/C14H18N4O/c1-10-4-3-5-11-13(10)17-12(19-11)6-7-15-14-16-8-9-18(14)2/h3-5H,6-9H2,1-2H3,(H,15,16). The molecular formula is C14H18N4O. The number of likely N-dealkylation sites (N-methyl/N-ethyl adjacent to an activating group) is 1. The van der Waals surface area contributed by atoms with Gasteiger partial charge in [-0.25, -0.2) is 4.98 Å². The van der Waals surface area contributed by atoms with Crippen LogP contribution in [0.5, 0.6) is 0 Å². The first-order chi connectivity index (χ1) is 9.24. The molecule has 0 saturated carbocycles. The molecule has 100 valence electrons. The zero-order chi connectivity index (χ0) is 13.2. The van der Waals surface area contributed by atoms with Crippen LogP contribution in [0.1, 0.15) is 11.5 Å². The smallest absolute Gasteiger partial charge is 0.197 e. The Labute approximate surface area is 112 Å². The number of aliphatic imine (C=N–C) groups is 1. The zero-order valence-corrected chi connectivity index (χ0v) is 11.3. The van der Waals surface area contributed by atoms with Crippen LogP contribution in [0.4, 0.5) is 0 Å². The second-order valence-corrected chi connectivity index (χ2v) is 4.83. The second-order valence-electron chi connectivity index (χ2n) is 4.83. The quantitative estimate of drug-likeness (QED) is 0.908. The summed E-state index contributed by atoms with van der Waals surface area (Å²) in [5.41, 5.74) is 2.98. The number of para-hydroxylation sites is 1. The molecule has 1 aliphatic rings. The Hall–Kier alpha value is -2.04. The summed E-state index contributed by atoms with van der Waals surface area (Å²) < 4.78 is 5.74. The fourth-order valence-electron chi connectivity index (χ4n) is 2.24. The molecule has 0 saturated heterocycles. The van der Waals surface area contributed by atoms with E-state index < -0.39 is 0 Å². The molecule has 1 N–H and O–H groups in total. The Morgan fingerprint density at radius 1 is 1.42 bits per heavy atom. The molecule has 2 heterocycles. The van der Waals surface area contributed by atoms with E-state index >= 15 is 0 Å². The van der Waals surface area contributed by atoms with Gasteiger partial charge in [0.1, 0.15) is 5.52 Å². The number of oxazole rings is 1. The minimum atomic E-state index is 0.765. The molecule has 5 nitrogen and oxygen atoms in total. The highest BCUT2D eigenvalue weighted by Gasteiger charge is 2.12. The van der Waals surface area contributed by atoms with Crippen LogP contribution in [-0.2, 0) is 6.42 Å². The van der Waals surface area contributed by atoms with Gasteiger partial charge in [-0.2, -0.15) is 0 Å². The molecule has 1 aromatic carbocycles. The summed E-state index contributed by atoms with van der Waals surface area (Å²) in [5, 5.41) is 3.31. The first-order valence-electron chi connectivity index (χ1n) is 6.58. The lowest BCUT2D eigenvalue weighted by molar-refractivity contribution is 0.511. The lowest BCUT2D eigenvalue weighted by Gasteiger charge is -2.14. The van der Waals surface area contributed by atoms with E-state index in [1.54, 1.807) is 0 Å². The van der Waals surface area contributed by atoms with Crippen LogP contribution < -0.4 is 5.32 Å². The summed E-state index contributed by atoms with van der Waals surface area (Å²) in [4.78, 5) is 11.0. The molecule has 1 aromatic heterocycles. The molecule has 0 fully saturated rings. The highest BCUT2D eigenvalue weighted by atomic mass is 16.3. The molecule has 0 spiro atoms. The third-order valence-electron chi connectivity index (χ3n) is 3.35. The first kappa shape index (κ1) is 12.0. The van der Waals surface area contributed by atoms with Crippen molar-refractivity contribution in [1.29, 1.82) is 0 Å². The van der Waals surface area contributed by atoms with Gasteiger partial charge in [-0.3, -0.25) is 4.99 Å². The van der Waals surface area contributed by atoms with E-state index in [4.69, 9.17) is 4.42 Å². The summed E-state index contributed by atoms with van der Waals surface area (Å²) in [6.07, 6.45) is 0.765. The Kier molecular flexibility index (Phi) is 3.11. The number of hydrogen-bond donors (Lipinski definition) is 1. The minimum Gasteiger partial charge on any atom is -0.441 e. The van der Waals surface area contributed by atoms with Crippen molar-refractivity contribution in [3.8, 4) is 0 Å². The van der Waals surface area contributed by atoms with Gasteiger partial charge in [0, 0.05) is 26.6 Å². The van der Waals surface area contributed by atoms with E-state index in [9.17, 15) is 0 Å². The topological polar surface area (TPSA) is 53.7 Å². The summed E-state index contributed by atoms with van der Waals surface area (Å²) in [6, 6.07) is 6.00. The normalized spacial score (nSPS) is 15.1. The average Bonchev–Trinajstić information content (AvgIpc) is 2.97. The van der Waals surface area contributed by atoms with Gasteiger partial charge in [0.05, 0.1) is 6.54 Å². The maximum absolute atomic E-state index is 5.74. The van der Waals surface area contributed by atoms with E-state index in [0.717, 1.165) is 54.6 Å². The maximum atomic E-state index is 5.74. The molecule has 0 aliphatic carbocycles. The molecule has 0 radical (unpaired) electrons. The summed E-state index contributed by atoms with van der Waals surface area (Å²) >= 11 is 0. The number of fused-ring (bicyclic) bond motifs is 1. The summed E-state index contributed by atoms with van der Waals surface area (Å²) in [6.45, 7) is 4.70. The van der Waals surface area contributed by atoms with Crippen molar-refractivity contribution >= 4 is 17.1 Å². The lowest BCUT2D eigenvalue weighted by atomic mass is 10.2. The summed E-state index contributed by atoms with van der Waals surface area (Å²) in [5.74, 6) is 1.74. The molecule has 3 rings (SSSR count). The molecule has 5 heteroatoms. The number of benzene rings is 1. The van der Waals surface area contributed by atoms with Gasteiger partial charge in [-0.05, 0) is 18.6 Å². The van der Waals surface area contributed by atoms with Crippen molar-refractivity contribution in [2.75, 3.05) is 26.7 Å². The van der Waals surface area contributed by atoms with Crippen molar-refractivity contribution in [2.24, 2.45) is 4.99 Å². The van der Waals surface area contributed by atoms with Gasteiger partial charge in [-0.15, -0.1) is 0 Å². The Morgan fingerprint density at radius 3 is 3.05 bits per heavy atom. The molecule has 0 atom stereocenters. The largest absolute Gasteiger partial charge is 0.441 e. The van der Waals surface area contributed by atoms with Gasteiger partial charge in [0.25, 0.3) is 0 Å². The molecule has 2 aromatic rings. The van der Waals surface area contributed by atoms with E-state index in [-0.39, 0.29) is 0 Å². The average molecular weight is 258 g/mol. The highest BCUT2D eigenvalue weighted by molar-refractivity contribution is 5.81. The van der Waals surface area contributed by atoms with Gasteiger partial charge < -0.3 is 14.6 Å². The molecule has 0 bridgehead atoms. The molecule has 19 heavy (non-hydrogen) atoms. The second kappa shape index (κ2) is 4.91. The number of rotatable bonds is 3. The molecular weight excluding hydrogens is 240 g/mol. The third-order valence-corrected chi connectivity index (χ3v) is 3.35. The first-order valence-corrected chi connectivity index (χ1v) is 6.58. The van der Waals surface area contributed by atoms with Gasteiger partial charge >= 0.3 is 0 Å². The van der Waals surface area contributed by atoms with Gasteiger partial charge in [0.2, 0.25) is 0 Å². The van der Waals surface area contributed by atoms with Crippen molar-refractivity contribution < 1.29 is 4.42 Å². The number of aryl methyl sites for hydroxylation is 1. The van der Waals surface area contributed by atoms with Crippen molar-refractivity contribution in [1.82, 2.24) is 15.2 Å². The minimum absolute atomic E-state index is 0.765. The van der Waals surface area contributed by atoms with Crippen LogP contribution in [0.15, 0.2) is 27.6 Å². The lowest BCUT2D eigenvalue weighted by Crippen LogP contribution is -2.36. The SMILES string of the molecule is Cc1cccc2oc(CCNC3=NCCN3C)nc12. The van der Waals surface area contributed by atoms with E-state index in [0.29, 0.717) is 0 Å². The van der Waals surface area contributed by atoms with Crippen molar-refractivity contribution in [2.45, 2.75) is 13.3 Å². The maximum Gasteiger partial charge on any atom is 0.197 e. The van der Waals surface area contributed by atoms with Crippen molar-refractivity contribution in [3.63, 3.8) is 0 Å².